The molecule has 29 heavy (non-hydrogen) atoms. The summed E-state index contributed by atoms with van der Waals surface area (Å²) in [5.41, 5.74) is 0.550. The first-order valence-electron chi connectivity index (χ1n) is 10.0. The largest absolute Gasteiger partial charge is 0.349 e. The third kappa shape index (κ3) is 4.65. The van der Waals surface area contributed by atoms with E-state index in [1.165, 1.54) is 38.8 Å². The molecule has 3 fully saturated rings. The van der Waals surface area contributed by atoms with E-state index in [0.717, 1.165) is 28.9 Å². The van der Waals surface area contributed by atoms with E-state index in [0.29, 0.717) is 23.7 Å². The maximum absolute atomic E-state index is 12.7. The van der Waals surface area contributed by atoms with E-state index >= 15 is 0 Å². The third-order valence-electron chi connectivity index (χ3n) is 6.47. The second-order valence-electron chi connectivity index (χ2n) is 8.01. The van der Waals surface area contributed by atoms with Gasteiger partial charge in [-0.15, -0.1) is 47.5 Å². The Morgan fingerprint density at radius 1 is 1.24 bits per heavy atom. The topological polar surface area (TPSA) is 57.3 Å². The lowest BCUT2D eigenvalue weighted by Crippen LogP contribution is -2.65. The Morgan fingerprint density at radius 2 is 2.10 bits per heavy atom. The molecule has 4 atom stereocenters. The van der Waals surface area contributed by atoms with Crippen molar-refractivity contribution in [3.63, 3.8) is 0 Å². The van der Waals surface area contributed by atoms with Gasteiger partial charge in [-0.2, -0.15) is 0 Å². The number of piperidine rings is 3. The van der Waals surface area contributed by atoms with E-state index in [9.17, 15) is 4.79 Å². The summed E-state index contributed by atoms with van der Waals surface area (Å²) in [5, 5.41) is 11.7. The molecule has 160 valence electrons. The maximum atomic E-state index is 12.7. The van der Waals surface area contributed by atoms with Crippen molar-refractivity contribution in [3.8, 4) is 9.88 Å². The highest BCUT2D eigenvalue weighted by Gasteiger charge is 2.45. The average molecular weight is 476 g/mol. The summed E-state index contributed by atoms with van der Waals surface area (Å²) in [6.45, 7) is 4.18. The molecule has 0 saturated carbocycles. The highest BCUT2D eigenvalue weighted by Crippen LogP contribution is 2.38. The number of amides is 1. The SMILES string of the molecule is Cl.Cl.O=C(NC[C@H]1[C@@H]2CNC[C@@H](C2)[C@@H]2CCCCN21)c1csc(-c2cccs2)n1. The predicted octanol–water partition coefficient (Wildman–Crippen LogP) is 3.91. The summed E-state index contributed by atoms with van der Waals surface area (Å²) in [6, 6.07) is 5.23. The minimum atomic E-state index is -0.0338. The maximum Gasteiger partial charge on any atom is 0.270 e. The van der Waals surface area contributed by atoms with Crippen LogP contribution >= 0.6 is 47.5 Å². The first-order valence-corrected chi connectivity index (χ1v) is 11.8. The number of nitrogens with zero attached hydrogens (tertiary/aromatic N) is 2. The molecule has 9 heteroatoms. The van der Waals surface area contributed by atoms with E-state index in [4.69, 9.17) is 0 Å². The lowest BCUT2D eigenvalue weighted by molar-refractivity contribution is -0.0371. The molecule has 5 rings (SSSR count). The fourth-order valence-electron chi connectivity index (χ4n) is 5.23. The number of rotatable bonds is 4. The summed E-state index contributed by atoms with van der Waals surface area (Å²) in [5.74, 6) is 1.41. The quantitative estimate of drug-likeness (QED) is 0.704. The van der Waals surface area contributed by atoms with Crippen LogP contribution in [0.15, 0.2) is 22.9 Å². The molecule has 2 aromatic heterocycles. The highest BCUT2D eigenvalue weighted by molar-refractivity contribution is 7.20. The van der Waals surface area contributed by atoms with Crippen LogP contribution in [0.3, 0.4) is 0 Å². The Labute approximate surface area is 192 Å². The Hall–Kier alpha value is -0.700. The van der Waals surface area contributed by atoms with Gasteiger partial charge >= 0.3 is 0 Å². The van der Waals surface area contributed by atoms with Gasteiger partial charge in [0.25, 0.3) is 5.91 Å². The van der Waals surface area contributed by atoms with Gasteiger partial charge in [-0.1, -0.05) is 12.5 Å². The molecule has 0 aliphatic carbocycles. The standard InChI is InChI=1S/C20H26N4OS2.2ClH/c25-19(15-12-27-20(23-15)18-5-3-7-26-18)22-11-17-14-8-13(9-21-10-14)16-4-1-2-6-24(16)17;;/h3,5,7,12-14,16-17,21H,1-2,4,6,8-11H2,(H,22,25);2*1H/t13-,14+,16+,17+;;/m1../s1. The molecule has 3 aliphatic heterocycles. The number of nitrogens with one attached hydrogen (secondary N) is 2. The van der Waals surface area contributed by atoms with Crippen LogP contribution < -0.4 is 10.6 Å². The molecule has 0 unspecified atom stereocenters. The van der Waals surface area contributed by atoms with E-state index in [1.54, 1.807) is 22.7 Å². The van der Waals surface area contributed by atoms with Crippen LogP contribution in [0.5, 0.6) is 0 Å². The van der Waals surface area contributed by atoms with E-state index < -0.39 is 0 Å². The van der Waals surface area contributed by atoms with Crippen LogP contribution in [-0.2, 0) is 0 Å². The van der Waals surface area contributed by atoms with E-state index in [2.05, 4.69) is 26.6 Å². The van der Waals surface area contributed by atoms with Gasteiger partial charge in [-0.05, 0) is 62.2 Å². The third-order valence-corrected chi connectivity index (χ3v) is 8.35. The molecule has 3 saturated heterocycles. The second-order valence-corrected chi connectivity index (χ2v) is 9.81. The van der Waals surface area contributed by atoms with Crippen molar-refractivity contribution in [1.29, 1.82) is 0 Å². The number of thiophene rings is 1. The second kappa shape index (κ2) is 10.1. The van der Waals surface area contributed by atoms with Crippen LogP contribution in [0.1, 0.15) is 36.2 Å². The van der Waals surface area contributed by atoms with Crippen molar-refractivity contribution in [2.45, 2.75) is 37.8 Å². The van der Waals surface area contributed by atoms with Crippen LogP contribution in [0.25, 0.3) is 9.88 Å². The van der Waals surface area contributed by atoms with Crippen molar-refractivity contribution in [2.75, 3.05) is 26.2 Å². The predicted molar refractivity (Wildman–Crippen MR) is 125 cm³/mol. The van der Waals surface area contributed by atoms with E-state index in [1.807, 2.05) is 16.8 Å². The molecule has 2 aromatic rings. The molecule has 0 aromatic carbocycles. The lowest BCUT2D eigenvalue weighted by atomic mass is 9.73. The number of carbonyl (C=O) groups excluding carboxylic acids is 1. The Morgan fingerprint density at radius 3 is 2.93 bits per heavy atom. The van der Waals surface area contributed by atoms with Crippen molar-refractivity contribution in [2.24, 2.45) is 11.8 Å². The molecule has 0 radical (unpaired) electrons. The molecular formula is C20H28Cl2N4OS2. The lowest BCUT2D eigenvalue weighted by Gasteiger charge is -2.55. The van der Waals surface area contributed by atoms with Crippen molar-refractivity contribution in [3.05, 3.63) is 28.6 Å². The Kier molecular flexibility index (Phi) is 7.98. The number of thiazole rings is 1. The molecule has 0 spiro atoms. The van der Waals surface area contributed by atoms with Crippen molar-refractivity contribution >= 4 is 53.4 Å². The summed E-state index contributed by atoms with van der Waals surface area (Å²) in [7, 11) is 0. The van der Waals surface area contributed by atoms with Gasteiger partial charge in [0.05, 0.1) is 4.88 Å². The summed E-state index contributed by atoms with van der Waals surface area (Å²) in [4.78, 5) is 21.1. The van der Waals surface area contributed by atoms with Crippen LogP contribution in [0.2, 0.25) is 0 Å². The average Bonchev–Trinajstić information content (AvgIpc) is 3.40. The zero-order valence-electron chi connectivity index (χ0n) is 16.2. The normalized spacial score (nSPS) is 28.6. The van der Waals surface area contributed by atoms with Gasteiger partial charge in [-0.3, -0.25) is 9.69 Å². The summed E-state index contributed by atoms with van der Waals surface area (Å²) >= 11 is 3.21. The zero-order valence-corrected chi connectivity index (χ0v) is 19.5. The highest BCUT2D eigenvalue weighted by atomic mass is 35.5. The van der Waals surface area contributed by atoms with Gasteiger partial charge in [0.1, 0.15) is 10.7 Å². The van der Waals surface area contributed by atoms with Gasteiger partial charge < -0.3 is 10.6 Å². The number of halogens is 2. The molecule has 5 heterocycles. The molecule has 2 N–H and O–H groups in total. The van der Waals surface area contributed by atoms with Crippen LogP contribution in [0, 0.1) is 11.8 Å². The van der Waals surface area contributed by atoms with Crippen LogP contribution in [0.4, 0.5) is 0 Å². The molecule has 2 bridgehead atoms. The molecule has 5 nitrogen and oxygen atoms in total. The van der Waals surface area contributed by atoms with Crippen molar-refractivity contribution < 1.29 is 4.79 Å². The number of fused-ring (bicyclic) bond motifs is 4. The fraction of sp³-hybridized carbons (Fsp3) is 0.600. The first-order chi connectivity index (χ1) is 13.3. The number of carbonyl (C=O) groups is 1. The number of hydrogen-bond donors (Lipinski definition) is 2. The Bertz CT molecular complexity index is 800. The number of aromatic nitrogens is 1. The minimum Gasteiger partial charge on any atom is -0.349 e. The number of hydrogen-bond acceptors (Lipinski definition) is 6. The van der Waals surface area contributed by atoms with Gasteiger partial charge in [0, 0.05) is 24.0 Å². The Balaban J connectivity index is 0.00000120. The fourth-order valence-corrected chi connectivity index (χ4v) is 6.84. The summed E-state index contributed by atoms with van der Waals surface area (Å²) in [6.07, 6.45) is 5.28. The zero-order chi connectivity index (χ0) is 18.2. The smallest absolute Gasteiger partial charge is 0.270 e. The molecule has 3 aliphatic rings. The van der Waals surface area contributed by atoms with Crippen LogP contribution in [-0.4, -0.2) is 54.1 Å². The molecule has 1 amide bonds. The van der Waals surface area contributed by atoms with Crippen molar-refractivity contribution in [1.82, 2.24) is 20.5 Å². The van der Waals surface area contributed by atoms with Gasteiger partial charge in [0.2, 0.25) is 0 Å². The van der Waals surface area contributed by atoms with Gasteiger partial charge in [-0.25, -0.2) is 4.98 Å². The minimum absolute atomic E-state index is 0. The summed E-state index contributed by atoms with van der Waals surface area (Å²) < 4.78 is 0. The van der Waals surface area contributed by atoms with E-state index in [-0.39, 0.29) is 30.7 Å². The molecular weight excluding hydrogens is 447 g/mol. The van der Waals surface area contributed by atoms with Gasteiger partial charge in [0.15, 0.2) is 0 Å². The first kappa shape index (κ1) is 23.0. The monoisotopic (exact) mass is 474 g/mol.